The van der Waals surface area contributed by atoms with E-state index in [-0.39, 0.29) is 18.6 Å². The van der Waals surface area contributed by atoms with E-state index in [1.54, 1.807) is 6.07 Å². The molecule has 0 bridgehead atoms. The van der Waals surface area contributed by atoms with Crippen molar-refractivity contribution >= 4 is 0 Å². The van der Waals surface area contributed by atoms with Crippen molar-refractivity contribution in [2.24, 2.45) is 5.41 Å². The molecule has 1 rings (SSSR count). The van der Waals surface area contributed by atoms with Crippen LogP contribution in [0.3, 0.4) is 0 Å². The fourth-order valence-electron chi connectivity index (χ4n) is 1.75. The van der Waals surface area contributed by atoms with Crippen LogP contribution in [0, 0.1) is 28.1 Å². The van der Waals surface area contributed by atoms with E-state index in [1.165, 1.54) is 0 Å². The van der Waals surface area contributed by atoms with Gasteiger partial charge in [-0.15, -0.1) is 0 Å². The van der Waals surface area contributed by atoms with Crippen LogP contribution >= 0.6 is 0 Å². The van der Waals surface area contributed by atoms with Gasteiger partial charge in [0.25, 0.3) is 0 Å². The lowest BCUT2D eigenvalue weighted by Gasteiger charge is -2.28. The first kappa shape index (κ1) is 15.9. The molecule has 0 radical (unpaired) electrons. The first-order valence-electron chi connectivity index (χ1n) is 6.53. The molecule has 0 heterocycles. The standard InChI is InChI=1S/C16H20N2O2/c1-12(16(2,3)4)13-5-6-14(19-9-7-17)15(11-13)20-10-8-18/h5-6,11-12H,9-10H2,1-4H3. The topological polar surface area (TPSA) is 66.0 Å². The van der Waals surface area contributed by atoms with Gasteiger partial charge in [-0.25, -0.2) is 0 Å². The van der Waals surface area contributed by atoms with Gasteiger partial charge in [0.15, 0.2) is 24.7 Å². The van der Waals surface area contributed by atoms with Gasteiger partial charge in [0.2, 0.25) is 0 Å². The smallest absolute Gasteiger partial charge is 0.174 e. The molecule has 4 nitrogen and oxygen atoms in total. The summed E-state index contributed by atoms with van der Waals surface area (Å²) in [4.78, 5) is 0. The summed E-state index contributed by atoms with van der Waals surface area (Å²) in [5.41, 5.74) is 1.25. The van der Waals surface area contributed by atoms with Gasteiger partial charge in [-0.1, -0.05) is 33.8 Å². The maximum atomic E-state index is 8.63. The van der Waals surface area contributed by atoms with E-state index < -0.39 is 0 Å². The van der Waals surface area contributed by atoms with E-state index in [0.717, 1.165) is 5.56 Å². The summed E-state index contributed by atoms with van der Waals surface area (Å²) in [6, 6.07) is 9.51. The van der Waals surface area contributed by atoms with Crippen LogP contribution < -0.4 is 9.47 Å². The Morgan fingerprint density at radius 3 is 2.10 bits per heavy atom. The van der Waals surface area contributed by atoms with E-state index in [2.05, 4.69) is 27.7 Å². The molecule has 1 aromatic rings. The van der Waals surface area contributed by atoms with Crippen LogP contribution in [0.1, 0.15) is 39.2 Å². The highest BCUT2D eigenvalue weighted by molar-refractivity contribution is 5.44. The van der Waals surface area contributed by atoms with Crippen LogP contribution in [-0.2, 0) is 0 Å². The van der Waals surface area contributed by atoms with Gasteiger partial charge >= 0.3 is 0 Å². The van der Waals surface area contributed by atoms with Crippen LogP contribution in [0.5, 0.6) is 11.5 Å². The van der Waals surface area contributed by atoms with Gasteiger partial charge < -0.3 is 9.47 Å². The number of nitriles is 2. The molecule has 1 aromatic carbocycles. The summed E-state index contributed by atoms with van der Waals surface area (Å²) in [7, 11) is 0. The average Bonchev–Trinajstić information content (AvgIpc) is 2.41. The Morgan fingerprint density at radius 2 is 1.60 bits per heavy atom. The van der Waals surface area contributed by atoms with Crippen LogP contribution in [0.2, 0.25) is 0 Å². The normalized spacial score (nSPS) is 12.1. The van der Waals surface area contributed by atoms with Crippen LogP contribution in [-0.4, -0.2) is 13.2 Å². The zero-order chi connectivity index (χ0) is 15.2. The Morgan fingerprint density at radius 1 is 1.05 bits per heavy atom. The fraction of sp³-hybridized carbons (Fsp3) is 0.500. The lowest BCUT2D eigenvalue weighted by Crippen LogP contribution is -2.15. The molecule has 0 aliphatic rings. The Bertz CT molecular complexity index is 533. The molecule has 106 valence electrons. The number of ether oxygens (including phenoxy) is 2. The molecule has 0 saturated carbocycles. The van der Waals surface area contributed by atoms with E-state index >= 15 is 0 Å². The van der Waals surface area contributed by atoms with E-state index in [4.69, 9.17) is 20.0 Å². The molecule has 0 aliphatic heterocycles. The largest absolute Gasteiger partial charge is 0.475 e. The lowest BCUT2D eigenvalue weighted by atomic mass is 9.78. The van der Waals surface area contributed by atoms with E-state index in [0.29, 0.717) is 17.4 Å². The summed E-state index contributed by atoms with van der Waals surface area (Å²) >= 11 is 0. The second kappa shape index (κ2) is 6.82. The average molecular weight is 272 g/mol. The minimum atomic E-state index is -0.0454. The molecule has 0 aromatic heterocycles. The molecule has 0 N–H and O–H groups in total. The highest BCUT2D eigenvalue weighted by atomic mass is 16.5. The minimum Gasteiger partial charge on any atom is -0.475 e. The molecule has 0 fully saturated rings. The molecular formula is C16H20N2O2. The SMILES string of the molecule is CC(c1ccc(OCC#N)c(OCC#N)c1)C(C)(C)C. The first-order valence-corrected chi connectivity index (χ1v) is 6.53. The Kier molecular flexibility index (Phi) is 5.41. The highest BCUT2D eigenvalue weighted by Gasteiger charge is 2.22. The molecule has 0 saturated heterocycles. The van der Waals surface area contributed by atoms with Crippen molar-refractivity contribution in [3.05, 3.63) is 23.8 Å². The zero-order valence-corrected chi connectivity index (χ0v) is 12.4. The summed E-state index contributed by atoms with van der Waals surface area (Å²) in [5, 5.41) is 17.2. The third-order valence-corrected chi connectivity index (χ3v) is 3.35. The van der Waals surface area contributed by atoms with Gasteiger partial charge in [-0.3, -0.25) is 0 Å². The van der Waals surface area contributed by atoms with Crippen molar-refractivity contribution in [3.8, 4) is 23.6 Å². The monoisotopic (exact) mass is 272 g/mol. The zero-order valence-electron chi connectivity index (χ0n) is 12.4. The molecule has 0 amide bonds. The van der Waals surface area contributed by atoms with Crippen LogP contribution in [0.4, 0.5) is 0 Å². The van der Waals surface area contributed by atoms with E-state index in [9.17, 15) is 0 Å². The molecule has 0 aliphatic carbocycles. The van der Waals surface area contributed by atoms with Crippen LogP contribution in [0.25, 0.3) is 0 Å². The van der Waals surface area contributed by atoms with Crippen LogP contribution in [0.15, 0.2) is 18.2 Å². The van der Waals surface area contributed by atoms with Crippen molar-refractivity contribution in [3.63, 3.8) is 0 Å². The lowest BCUT2D eigenvalue weighted by molar-refractivity contribution is 0.308. The number of hydrogen-bond acceptors (Lipinski definition) is 4. The highest BCUT2D eigenvalue weighted by Crippen LogP contribution is 2.38. The summed E-state index contributed by atoms with van der Waals surface area (Å²) in [5.74, 6) is 1.33. The van der Waals surface area contributed by atoms with E-state index in [1.807, 2.05) is 24.3 Å². The van der Waals surface area contributed by atoms with Gasteiger partial charge in [0, 0.05) is 0 Å². The Balaban J connectivity index is 3.07. The fourth-order valence-corrected chi connectivity index (χ4v) is 1.75. The maximum absolute atomic E-state index is 8.63. The summed E-state index contributed by atoms with van der Waals surface area (Å²) in [6.07, 6.45) is 0. The van der Waals surface area contributed by atoms with Crippen molar-refractivity contribution < 1.29 is 9.47 Å². The third-order valence-electron chi connectivity index (χ3n) is 3.35. The second-order valence-electron chi connectivity index (χ2n) is 5.69. The molecule has 20 heavy (non-hydrogen) atoms. The number of hydrogen-bond donors (Lipinski definition) is 0. The van der Waals surface area contributed by atoms with Crippen molar-refractivity contribution in [2.45, 2.75) is 33.6 Å². The second-order valence-corrected chi connectivity index (χ2v) is 5.69. The predicted octanol–water partition coefficient (Wildman–Crippen LogP) is 3.64. The van der Waals surface area contributed by atoms with Gasteiger partial charge in [0.05, 0.1) is 0 Å². The molecular weight excluding hydrogens is 252 g/mol. The minimum absolute atomic E-state index is 0.0446. The third kappa shape index (κ3) is 4.17. The quantitative estimate of drug-likeness (QED) is 0.820. The molecule has 4 heteroatoms. The van der Waals surface area contributed by atoms with Gasteiger partial charge in [-0.2, -0.15) is 10.5 Å². The number of rotatable bonds is 5. The molecule has 1 unspecified atom stereocenters. The summed E-state index contributed by atoms with van der Waals surface area (Å²) in [6.45, 7) is 8.58. The predicted molar refractivity (Wildman–Crippen MR) is 76.5 cm³/mol. The van der Waals surface area contributed by atoms with Crippen molar-refractivity contribution in [1.82, 2.24) is 0 Å². The van der Waals surface area contributed by atoms with Gasteiger partial charge in [-0.05, 0) is 29.0 Å². The summed E-state index contributed by atoms with van der Waals surface area (Å²) < 4.78 is 10.7. The Labute approximate surface area is 120 Å². The van der Waals surface area contributed by atoms with Crippen molar-refractivity contribution in [1.29, 1.82) is 10.5 Å². The van der Waals surface area contributed by atoms with Crippen molar-refractivity contribution in [2.75, 3.05) is 13.2 Å². The number of nitrogens with zero attached hydrogens (tertiary/aromatic N) is 2. The van der Waals surface area contributed by atoms with Gasteiger partial charge in [0.1, 0.15) is 12.1 Å². The number of benzene rings is 1. The Hall–Kier alpha value is -2.20. The molecule has 0 spiro atoms. The maximum Gasteiger partial charge on any atom is 0.174 e. The first-order chi connectivity index (χ1) is 9.40. The molecule has 1 atom stereocenters.